The van der Waals surface area contributed by atoms with Gasteiger partial charge in [-0.15, -0.1) is 0 Å². The van der Waals surface area contributed by atoms with E-state index in [1.807, 2.05) is 0 Å². The predicted molar refractivity (Wildman–Crippen MR) is 92.7 cm³/mol. The number of fused-ring (bicyclic) bond motifs is 3. The first-order chi connectivity index (χ1) is 13.1. The number of hydrogen-bond donors (Lipinski definition) is 0. The van der Waals surface area contributed by atoms with E-state index in [2.05, 4.69) is 0 Å². The van der Waals surface area contributed by atoms with Crippen molar-refractivity contribution in [2.45, 2.75) is 19.8 Å². The van der Waals surface area contributed by atoms with Crippen LogP contribution in [0.15, 0.2) is 0 Å². The van der Waals surface area contributed by atoms with Crippen LogP contribution in [0, 0.1) is 41.4 Å². The van der Waals surface area contributed by atoms with Gasteiger partial charge in [0.05, 0.1) is 29.6 Å². The van der Waals surface area contributed by atoms with Crippen LogP contribution in [0.3, 0.4) is 0 Å². The fourth-order valence-electron chi connectivity index (χ4n) is 5.69. The number of amides is 6. The highest BCUT2D eigenvalue weighted by Gasteiger charge is 2.64. The van der Waals surface area contributed by atoms with Gasteiger partial charge < -0.3 is 0 Å². The number of imide groups is 3. The first-order valence-corrected chi connectivity index (χ1v) is 9.52. The van der Waals surface area contributed by atoms with Crippen molar-refractivity contribution in [3.8, 4) is 0 Å². The maximum Gasteiger partial charge on any atom is 0.233 e. The highest BCUT2D eigenvalue weighted by atomic mass is 16.2. The SMILES string of the molecule is C[C@@H]1C(=O)N(C)C(=O)C1CC1CC2C(=O)N(C)C(=O)C2C2C(=O)N(C)C(=O)C12. The summed E-state index contributed by atoms with van der Waals surface area (Å²) < 4.78 is 0. The molecule has 1 aliphatic carbocycles. The van der Waals surface area contributed by atoms with Crippen molar-refractivity contribution in [1.29, 1.82) is 0 Å². The molecule has 3 heterocycles. The zero-order chi connectivity index (χ0) is 20.7. The van der Waals surface area contributed by atoms with E-state index in [1.165, 1.54) is 21.1 Å². The van der Waals surface area contributed by atoms with Gasteiger partial charge in [0.25, 0.3) is 0 Å². The van der Waals surface area contributed by atoms with Gasteiger partial charge in [-0.3, -0.25) is 43.5 Å². The summed E-state index contributed by atoms with van der Waals surface area (Å²) in [5.41, 5.74) is 0. The highest BCUT2D eigenvalue weighted by molar-refractivity contribution is 6.12. The highest BCUT2D eigenvalue weighted by Crippen LogP contribution is 2.53. The van der Waals surface area contributed by atoms with Gasteiger partial charge in [-0.25, -0.2) is 0 Å². The number of hydrogen-bond acceptors (Lipinski definition) is 6. The molecule has 3 saturated heterocycles. The lowest BCUT2D eigenvalue weighted by atomic mass is 9.61. The Morgan fingerprint density at radius 3 is 1.75 bits per heavy atom. The lowest BCUT2D eigenvalue weighted by Crippen LogP contribution is -2.44. The Morgan fingerprint density at radius 2 is 1.18 bits per heavy atom. The molecule has 6 unspecified atom stereocenters. The normalized spacial score (nSPS) is 40.7. The Kier molecular flexibility index (Phi) is 3.99. The van der Waals surface area contributed by atoms with E-state index in [-0.39, 0.29) is 36.5 Å². The van der Waals surface area contributed by atoms with E-state index in [4.69, 9.17) is 0 Å². The fraction of sp³-hybridized carbons (Fsp3) is 0.684. The fourth-order valence-corrected chi connectivity index (χ4v) is 5.69. The lowest BCUT2D eigenvalue weighted by molar-refractivity contribution is -0.142. The molecule has 9 nitrogen and oxygen atoms in total. The van der Waals surface area contributed by atoms with Crippen molar-refractivity contribution < 1.29 is 28.8 Å². The van der Waals surface area contributed by atoms with Crippen molar-refractivity contribution in [3.63, 3.8) is 0 Å². The monoisotopic (exact) mass is 389 g/mol. The molecule has 9 heteroatoms. The molecular formula is C19H23N3O6. The Labute approximate surface area is 162 Å². The number of rotatable bonds is 2. The van der Waals surface area contributed by atoms with E-state index < -0.39 is 53.2 Å². The van der Waals surface area contributed by atoms with Crippen molar-refractivity contribution in [3.05, 3.63) is 0 Å². The van der Waals surface area contributed by atoms with Gasteiger partial charge in [-0.1, -0.05) is 6.92 Å². The quantitative estimate of drug-likeness (QED) is 0.567. The molecule has 0 aromatic carbocycles. The van der Waals surface area contributed by atoms with E-state index in [9.17, 15) is 28.8 Å². The second-order valence-electron chi connectivity index (χ2n) is 8.52. The Morgan fingerprint density at radius 1 is 0.679 bits per heavy atom. The minimum absolute atomic E-state index is 0.249. The minimum Gasteiger partial charge on any atom is -0.285 e. The molecule has 4 rings (SSSR count). The maximum atomic E-state index is 12.8. The maximum absolute atomic E-state index is 12.8. The zero-order valence-electron chi connectivity index (χ0n) is 16.2. The van der Waals surface area contributed by atoms with Gasteiger partial charge in [-0.05, 0) is 18.8 Å². The summed E-state index contributed by atoms with van der Waals surface area (Å²) in [6.45, 7) is 1.68. The van der Waals surface area contributed by atoms with Gasteiger partial charge in [0.15, 0.2) is 0 Å². The number of carbonyl (C=O) groups excluding carboxylic acids is 6. The number of carbonyl (C=O) groups is 6. The molecule has 6 amide bonds. The van der Waals surface area contributed by atoms with E-state index in [0.29, 0.717) is 0 Å². The molecule has 0 aromatic heterocycles. The molecule has 0 aromatic rings. The summed E-state index contributed by atoms with van der Waals surface area (Å²) in [4.78, 5) is 78.6. The third kappa shape index (κ3) is 2.18. The largest absolute Gasteiger partial charge is 0.285 e. The van der Waals surface area contributed by atoms with Gasteiger partial charge in [-0.2, -0.15) is 0 Å². The number of likely N-dealkylation sites (tertiary alicyclic amines) is 3. The predicted octanol–water partition coefficient (Wildman–Crippen LogP) is -0.891. The van der Waals surface area contributed by atoms with Crippen LogP contribution in [0.2, 0.25) is 0 Å². The molecule has 1 saturated carbocycles. The van der Waals surface area contributed by atoms with Crippen molar-refractivity contribution in [1.82, 2.24) is 14.7 Å². The van der Waals surface area contributed by atoms with Crippen LogP contribution < -0.4 is 0 Å². The summed E-state index contributed by atoms with van der Waals surface area (Å²) in [5.74, 6) is -6.72. The Balaban J connectivity index is 1.71. The van der Waals surface area contributed by atoms with Gasteiger partial charge >= 0.3 is 0 Å². The van der Waals surface area contributed by atoms with Crippen molar-refractivity contribution in [2.24, 2.45) is 41.4 Å². The van der Waals surface area contributed by atoms with Crippen LogP contribution in [0.1, 0.15) is 19.8 Å². The van der Waals surface area contributed by atoms with Crippen LogP contribution in [-0.2, 0) is 28.8 Å². The zero-order valence-corrected chi connectivity index (χ0v) is 16.2. The Hall–Kier alpha value is -2.58. The average molecular weight is 389 g/mol. The van der Waals surface area contributed by atoms with Crippen LogP contribution >= 0.6 is 0 Å². The molecular weight excluding hydrogens is 366 g/mol. The van der Waals surface area contributed by atoms with Gasteiger partial charge in [0.2, 0.25) is 35.4 Å². The minimum atomic E-state index is -0.872. The smallest absolute Gasteiger partial charge is 0.233 e. The molecule has 150 valence electrons. The standard InChI is InChI=1S/C19H23N3O6/c1-7-9(15(24)20(2)14(7)23)5-8-6-10-12(18(27)21(3)16(10)25)13-11(8)17(26)22(4)19(13)28/h7-13H,5-6H2,1-4H3/t7-,8?,9?,10?,11?,12?,13?/m0/s1. The molecule has 4 aliphatic rings. The molecule has 0 radical (unpaired) electrons. The van der Waals surface area contributed by atoms with Crippen LogP contribution in [0.4, 0.5) is 0 Å². The van der Waals surface area contributed by atoms with Crippen LogP contribution in [-0.4, -0.2) is 71.3 Å². The molecule has 3 aliphatic heterocycles. The van der Waals surface area contributed by atoms with E-state index >= 15 is 0 Å². The topological polar surface area (TPSA) is 112 Å². The van der Waals surface area contributed by atoms with Crippen LogP contribution in [0.25, 0.3) is 0 Å². The number of nitrogens with zero attached hydrogens (tertiary/aromatic N) is 3. The second-order valence-corrected chi connectivity index (χ2v) is 8.52. The molecule has 28 heavy (non-hydrogen) atoms. The first-order valence-electron chi connectivity index (χ1n) is 9.52. The van der Waals surface area contributed by atoms with Crippen molar-refractivity contribution in [2.75, 3.05) is 21.1 Å². The summed E-state index contributed by atoms with van der Waals surface area (Å²) in [6.07, 6.45) is 0.514. The van der Waals surface area contributed by atoms with E-state index in [0.717, 1.165) is 14.7 Å². The average Bonchev–Trinajstić information content (AvgIpc) is 3.11. The van der Waals surface area contributed by atoms with Crippen LogP contribution in [0.5, 0.6) is 0 Å². The summed E-state index contributed by atoms with van der Waals surface area (Å²) >= 11 is 0. The first kappa shape index (κ1) is 18.8. The molecule has 4 fully saturated rings. The van der Waals surface area contributed by atoms with E-state index in [1.54, 1.807) is 6.92 Å². The molecule has 0 bridgehead atoms. The molecule has 7 atom stereocenters. The lowest BCUT2D eigenvalue weighted by Gasteiger charge is -2.37. The summed E-state index contributed by atoms with van der Waals surface area (Å²) in [6, 6.07) is 0. The third-order valence-electron chi connectivity index (χ3n) is 7.29. The summed E-state index contributed by atoms with van der Waals surface area (Å²) in [5, 5.41) is 0. The third-order valence-corrected chi connectivity index (χ3v) is 7.29. The summed E-state index contributed by atoms with van der Waals surface area (Å²) in [7, 11) is 4.22. The van der Waals surface area contributed by atoms with Crippen molar-refractivity contribution >= 4 is 35.4 Å². The molecule has 0 N–H and O–H groups in total. The van der Waals surface area contributed by atoms with Gasteiger partial charge in [0.1, 0.15) is 0 Å². The second kappa shape index (κ2) is 5.96. The van der Waals surface area contributed by atoms with Gasteiger partial charge in [0, 0.05) is 27.1 Å². The molecule has 0 spiro atoms. The Bertz CT molecular complexity index is 838.